The van der Waals surface area contributed by atoms with Gasteiger partial charge in [-0.15, -0.1) is 0 Å². The van der Waals surface area contributed by atoms with E-state index in [0.29, 0.717) is 11.4 Å². The lowest BCUT2D eigenvalue weighted by Gasteiger charge is -2.16. The van der Waals surface area contributed by atoms with E-state index in [1.165, 1.54) is 44.5 Å². The molecule has 1 aromatic carbocycles. The van der Waals surface area contributed by atoms with E-state index in [1.54, 1.807) is 12.1 Å². The van der Waals surface area contributed by atoms with Crippen LogP contribution in [0, 0.1) is 0 Å². The summed E-state index contributed by atoms with van der Waals surface area (Å²) < 4.78 is 35.7. The van der Waals surface area contributed by atoms with Crippen LogP contribution in [0.4, 0.5) is 5.69 Å². The van der Waals surface area contributed by atoms with Crippen LogP contribution in [0.5, 0.6) is 0 Å². The van der Waals surface area contributed by atoms with Gasteiger partial charge in [-0.05, 0) is 36.4 Å². The van der Waals surface area contributed by atoms with Crippen LogP contribution < -0.4 is 10.6 Å². The Kier molecular flexibility index (Phi) is 7.51. The highest BCUT2D eigenvalue weighted by atomic mass is 32.2. The fourth-order valence-electron chi connectivity index (χ4n) is 2.20. The fourth-order valence-corrected chi connectivity index (χ4v) is 3.32. The average Bonchev–Trinajstić information content (AvgIpc) is 3.18. The van der Waals surface area contributed by atoms with Crippen molar-refractivity contribution < 1.29 is 32.0 Å². The van der Waals surface area contributed by atoms with Crippen molar-refractivity contribution in [3.63, 3.8) is 0 Å². The molecule has 0 atom stereocenters. The number of benzene rings is 1. The van der Waals surface area contributed by atoms with Crippen molar-refractivity contribution in [2.75, 3.05) is 25.5 Å². The highest BCUT2D eigenvalue weighted by Gasteiger charge is 2.24. The zero-order chi connectivity index (χ0) is 21.4. The van der Waals surface area contributed by atoms with Crippen LogP contribution in [-0.4, -0.2) is 50.7 Å². The third-order valence-electron chi connectivity index (χ3n) is 3.64. The Hall–Kier alpha value is -3.18. The Labute approximate surface area is 167 Å². The summed E-state index contributed by atoms with van der Waals surface area (Å²) in [4.78, 5) is 34.5. The summed E-state index contributed by atoms with van der Waals surface area (Å²) in [6, 6.07) is 8.84. The van der Waals surface area contributed by atoms with Gasteiger partial charge in [-0.3, -0.25) is 14.4 Å². The molecule has 2 rings (SSSR count). The minimum absolute atomic E-state index is 0.0573. The molecule has 29 heavy (non-hydrogen) atoms. The van der Waals surface area contributed by atoms with Crippen molar-refractivity contribution in [2.45, 2.75) is 18.4 Å². The number of hydrogen-bond donors (Lipinski definition) is 2. The molecule has 0 aliphatic heterocycles. The molecule has 2 aromatic rings. The normalized spacial score (nSPS) is 11.1. The smallest absolute Gasteiger partial charge is 0.321 e. The van der Waals surface area contributed by atoms with E-state index < -0.39 is 35.1 Å². The molecule has 0 fully saturated rings. The Bertz CT molecular complexity index is 954. The molecule has 2 amide bonds. The molecule has 0 saturated carbocycles. The molecule has 10 nitrogen and oxygen atoms in total. The van der Waals surface area contributed by atoms with Crippen LogP contribution in [0.1, 0.15) is 12.7 Å². The van der Waals surface area contributed by atoms with Gasteiger partial charge < -0.3 is 19.8 Å². The van der Waals surface area contributed by atoms with Crippen molar-refractivity contribution in [1.82, 2.24) is 9.62 Å². The molecule has 0 aliphatic rings. The van der Waals surface area contributed by atoms with E-state index in [0.717, 1.165) is 4.31 Å². The summed E-state index contributed by atoms with van der Waals surface area (Å²) in [7, 11) is -2.73. The number of ether oxygens (including phenoxy) is 1. The summed E-state index contributed by atoms with van der Waals surface area (Å²) in [5.74, 6) is -1.17. The lowest BCUT2D eigenvalue weighted by atomic mass is 10.3. The summed E-state index contributed by atoms with van der Waals surface area (Å²) in [6.45, 7) is 0.369. The van der Waals surface area contributed by atoms with Crippen LogP contribution in [0.25, 0.3) is 0 Å². The molecule has 11 heteroatoms. The van der Waals surface area contributed by atoms with Gasteiger partial charge in [0, 0.05) is 19.7 Å². The first-order valence-corrected chi connectivity index (χ1v) is 9.91. The van der Waals surface area contributed by atoms with Crippen LogP contribution in [0.3, 0.4) is 0 Å². The Morgan fingerprint density at radius 1 is 1.14 bits per heavy atom. The van der Waals surface area contributed by atoms with Crippen LogP contribution in [0.2, 0.25) is 0 Å². The summed E-state index contributed by atoms with van der Waals surface area (Å²) in [5, 5.41) is 5.02. The second-order valence-corrected chi connectivity index (χ2v) is 8.03. The van der Waals surface area contributed by atoms with Gasteiger partial charge >= 0.3 is 5.97 Å². The molecule has 0 radical (unpaired) electrons. The number of anilines is 1. The summed E-state index contributed by atoms with van der Waals surface area (Å²) in [5.41, 5.74) is 0.444. The van der Waals surface area contributed by atoms with E-state index in [9.17, 15) is 22.8 Å². The van der Waals surface area contributed by atoms with Gasteiger partial charge in [-0.2, -0.15) is 4.31 Å². The average molecular weight is 423 g/mol. The highest BCUT2D eigenvalue weighted by molar-refractivity contribution is 7.89. The predicted molar refractivity (Wildman–Crippen MR) is 102 cm³/mol. The molecule has 1 heterocycles. The minimum atomic E-state index is -3.95. The van der Waals surface area contributed by atoms with E-state index in [2.05, 4.69) is 10.6 Å². The Balaban J connectivity index is 1.84. The van der Waals surface area contributed by atoms with Crippen molar-refractivity contribution >= 4 is 33.5 Å². The molecule has 0 bridgehead atoms. The monoisotopic (exact) mass is 423 g/mol. The molecule has 0 unspecified atom stereocenters. The van der Waals surface area contributed by atoms with Crippen molar-refractivity contribution in [2.24, 2.45) is 0 Å². The summed E-state index contributed by atoms with van der Waals surface area (Å²) in [6.07, 6.45) is 1.46. The van der Waals surface area contributed by atoms with Gasteiger partial charge in [0.1, 0.15) is 12.3 Å². The number of nitrogens with zero attached hydrogens (tertiary/aromatic N) is 1. The number of sulfonamides is 1. The van der Waals surface area contributed by atoms with Gasteiger partial charge in [0.25, 0.3) is 5.91 Å². The van der Waals surface area contributed by atoms with Gasteiger partial charge in [0.15, 0.2) is 6.61 Å². The van der Waals surface area contributed by atoms with Crippen LogP contribution in [-0.2, 0) is 35.7 Å². The number of carbonyl (C=O) groups is 3. The number of nitrogens with one attached hydrogen (secondary N) is 2. The van der Waals surface area contributed by atoms with Gasteiger partial charge in [-0.25, -0.2) is 8.42 Å². The third-order valence-corrected chi connectivity index (χ3v) is 5.46. The number of carbonyl (C=O) groups excluding carboxylic acids is 3. The lowest BCUT2D eigenvalue weighted by Crippen LogP contribution is -2.35. The van der Waals surface area contributed by atoms with Crippen molar-refractivity contribution in [1.29, 1.82) is 0 Å². The van der Waals surface area contributed by atoms with E-state index in [-0.39, 0.29) is 17.3 Å². The van der Waals surface area contributed by atoms with Crippen molar-refractivity contribution in [3.05, 3.63) is 48.4 Å². The lowest BCUT2D eigenvalue weighted by molar-refractivity contribution is -0.148. The second-order valence-electron chi connectivity index (χ2n) is 5.98. The maximum Gasteiger partial charge on any atom is 0.321 e. The van der Waals surface area contributed by atoms with E-state index in [1.807, 2.05) is 0 Å². The fraction of sp³-hybridized carbons (Fsp3) is 0.278. The van der Waals surface area contributed by atoms with Crippen molar-refractivity contribution in [3.8, 4) is 0 Å². The number of rotatable bonds is 9. The molecule has 0 aliphatic carbocycles. The maximum absolute atomic E-state index is 12.5. The van der Waals surface area contributed by atoms with Gasteiger partial charge in [-0.1, -0.05) is 0 Å². The number of likely N-dealkylation sites (N-methyl/N-ethyl adjacent to an activating group) is 1. The van der Waals surface area contributed by atoms with E-state index >= 15 is 0 Å². The zero-order valence-electron chi connectivity index (χ0n) is 15.9. The zero-order valence-corrected chi connectivity index (χ0v) is 16.7. The molecular weight excluding hydrogens is 402 g/mol. The standard InChI is InChI=1S/C18H21N3O7S/c1-13(22)20-14-5-7-16(8-6-14)29(25,26)21(2)11-18(24)28-12-17(23)19-10-15-4-3-9-27-15/h3-9H,10-12H2,1-2H3,(H,19,23)(H,20,22). The topological polar surface area (TPSA) is 135 Å². The first kappa shape index (κ1) is 22.1. The molecule has 1 aromatic heterocycles. The Morgan fingerprint density at radius 2 is 1.83 bits per heavy atom. The Morgan fingerprint density at radius 3 is 2.41 bits per heavy atom. The molecule has 0 saturated heterocycles. The SMILES string of the molecule is CC(=O)Nc1ccc(S(=O)(=O)N(C)CC(=O)OCC(=O)NCc2ccco2)cc1. The largest absolute Gasteiger partial charge is 0.467 e. The number of esters is 1. The first-order chi connectivity index (χ1) is 13.7. The van der Waals surface area contributed by atoms with Gasteiger partial charge in [0.2, 0.25) is 15.9 Å². The quantitative estimate of drug-likeness (QED) is 0.567. The summed E-state index contributed by atoms with van der Waals surface area (Å²) >= 11 is 0. The number of hydrogen-bond acceptors (Lipinski definition) is 7. The predicted octanol–water partition coefficient (Wildman–Crippen LogP) is 0.718. The van der Waals surface area contributed by atoms with Crippen LogP contribution in [0.15, 0.2) is 52.0 Å². The maximum atomic E-state index is 12.5. The third kappa shape index (κ3) is 6.73. The second kappa shape index (κ2) is 9.85. The van der Waals surface area contributed by atoms with E-state index in [4.69, 9.17) is 9.15 Å². The molecule has 2 N–H and O–H groups in total. The molecule has 156 valence electrons. The number of furan rings is 1. The molecular formula is C18H21N3O7S. The highest BCUT2D eigenvalue weighted by Crippen LogP contribution is 2.17. The minimum Gasteiger partial charge on any atom is -0.467 e. The first-order valence-electron chi connectivity index (χ1n) is 8.47. The number of amides is 2. The van der Waals surface area contributed by atoms with Crippen LogP contribution >= 0.6 is 0 Å². The van der Waals surface area contributed by atoms with Gasteiger partial charge in [0.05, 0.1) is 17.7 Å². The molecule has 0 spiro atoms.